The van der Waals surface area contributed by atoms with E-state index in [0.717, 1.165) is 29.7 Å². The number of hydrogen-bond donors (Lipinski definition) is 2. The van der Waals surface area contributed by atoms with Gasteiger partial charge in [0.2, 0.25) is 5.91 Å². The number of rotatable bonds is 7. The largest absolute Gasteiger partial charge is 0.528 e. The van der Waals surface area contributed by atoms with E-state index in [9.17, 15) is 14.4 Å². The molecule has 0 fully saturated rings. The molecule has 0 spiro atoms. The topological polar surface area (TPSA) is 114 Å². The van der Waals surface area contributed by atoms with Crippen molar-refractivity contribution in [2.45, 2.75) is 32.6 Å². The highest BCUT2D eigenvalue weighted by Crippen LogP contribution is 2.32. The summed E-state index contributed by atoms with van der Waals surface area (Å²) in [6.07, 6.45) is 1.79. The molecule has 1 unspecified atom stereocenters. The van der Waals surface area contributed by atoms with Gasteiger partial charge in [-0.25, -0.2) is 4.79 Å². The van der Waals surface area contributed by atoms with Crippen molar-refractivity contribution < 1.29 is 19.1 Å². The molecule has 0 saturated carbocycles. The standard InChI is InChI=1S/C30H33N4O4.ClH/c1-3-38-30(37)34(2,25-9-5-4-6-10-25)29(36)24-16-17-26-23(20-24)8-7-19-33(26)27(35)18-13-21-11-14-22(15-12-21)28(31)32;/h4-6,9-12,14-17,20H,3,7-8,13,18-19H2,1-2H3,(H3,31,32);1H/q+1;. The van der Waals surface area contributed by atoms with Gasteiger partial charge >= 0.3 is 12.0 Å². The number of amidine groups is 1. The fraction of sp³-hybridized carbons (Fsp3) is 0.267. The number of benzene rings is 3. The van der Waals surface area contributed by atoms with Crippen LogP contribution in [0.15, 0.2) is 72.8 Å². The van der Waals surface area contributed by atoms with Crippen LogP contribution in [0.1, 0.15) is 46.8 Å². The summed E-state index contributed by atoms with van der Waals surface area (Å²) in [5.41, 5.74) is 9.78. The van der Waals surface area contributed by atoms with E-state index in [1.807, 2.05) is 24.3 Å². The van der Waals surface area contributed by atoms with Gasteiger partial charge in [0.05, 0.1) is 19.2 Å². The first-order valence-corrected chi connectivity index (χ1v) is 12.8. The van der Waals surface area contributed by atoms with E-state index in [1.54, 1.807) is 67.4 Å². The minimum atomic E-state index is -0.644. The Hall–Kier alpha value is -4.01. The predicted octanol–water partition coefficient (Wildman–Crippen LogP) is 5.24. The number of hydrogen-bond acceptors (Lipinski definition) is 5. The molecule has 8 nitrogen and oxygen atoms in total. The third kappa shape index (κ3) is 6.19. The number of aryl methyl sites for hydroxylation is 2. The lowest BCUT2D eigenvalue weighted by Crippen LogP contribution is -2.55. The molecule has 4 rings (SSSR count). The molecule has 0 bridgehead atoms. The molecule has 0 saturated heterocycles. The Morgan fingerprint density at radius 2 is 1.67 bits per heavy atom. The van der Waals surface area contributed by atoms with E-state index >= 15 is 0 Å². The number of carbonyl (C=O) groups excluding carboxylic acids is 3. The molecular formula is C30H34ClN4O4+. The van der Waals surface area contributed by atoms with Crippen LogP contribution in [-0.4, -0.2) is 43.9 Å². The Morgan fingerprint density at radius 3 is 2.31 bits per heavy atom. The quantitative estimate of drug-likeness (QED) is 0.238. The molecule has 1 aliphatic heterocycles. The van der Waals surface area contributed by atoms with Crippen molar-refractivity contribution in [1.82, 2.24) is 4.48 Å². The predicted molar refractivity (Wildman–Crippen MR) is 156 cm³/mol. The van der Waals surface area contributed by atoms with Crippen molar-refractivity contribution in [3.8, 4) is 0 Å². The van der Waals surface area contributed by atoms with Crippen molar-refractivity contribution in [1.29, 1.82) is 5.41 Å². The number of fused-ring (bicyclic) bond motifs is 1. The molecule has 39 heavy (non-hydrogen) atoms. The number of nitrogens with one attached hydrogen (secondary N) is 1. The number of quaternary nitrogens is 1. The summed E-state index contributed by atoms with van der Waals surface area (Å²) in [5, 5.41) is 7.51. The second-order valence-corrected chi connectivity index (χ2v) is 9.45. The average molecular weight is 550 g/mol. The number of nitrogens with two attached hydrogens (primary N) is 1. The minimum Gasteiger partial charge on any atom is -0.420 e. The highest BCUT2D eigenvalue weighted by atomic mass is 35.5. The molecule has 204 valence electrons. The van der Waals surface area contributed by atoms with Gasteiger partial charge in [-0.1, -0.05) is 42.5 Å². The van der Waals surface area contributed by atoms with Gasteiger partial charge in [-0.3, -0.25) is 10.2 Å². The maximum absolute atomic E-state index is 13.8. The van der Waals surface area contributed by atoms with Gasteiger partial charge in [0.15, 0.2) is 5.69 Å². The summed E-state index contributed by atoms with van der Waals surface area (Å²) in [7, 11) is 1.55. The molecule has 3 aromatic rings. The highest BCUT2D eigenvalue weighted by molar-refractivity contribution is 6.14. The van der Waals surface area contributed by atoms with Crippen molar-refractivity contribution in [2.75, 3.05) is 25.1 Å². The Morgan fingerprint density at radius 1 is 1.00 bits per heavy atom. The lowest BCUT2D eigenvalue weighted by Gasteiger charge is -2.31. The van der Waals surface area contributed by atoms with E-state index in [1.165, 1.54) is 0 Å². The van der Waals surface area contributed by atoms with E-state index in [4.69, 9.17) is 15.9 Å². The molecule has 1 aliphatic rings. The van der Waals surface area contributed by atoms with Gasteiger partial charge in [0.1, 0.15) is 5.84 Å². The third-order valence-electron chi connectivity index (χ3n) is 6.95. The third-order valence-corrected chi connectivity index (χ3v) is 6.95. The van der Waals surface area contributed by atoms with Crippen molar-refractivity contribution >= 4 is 47.5 Å². The van der Waals surface area contributed by atoms with Crippen LogP contribution in [-0.2, 0) is 22.4 Å². The van der Waals surface area contributed by atoms with E-state index < -0.39 is 16.5 Å². The van der Waals surface area contributed by atoms with Gasteiger partial charge in [0.25, 0.3) is 0 Å². The minimum absolute atomic E-state index is 0. The highest BCUT2D eigenvalue weighted by Gasteiger charge is 2.45. The lowest BCUT2D eigenvalue weighted by molar-refractivity contribution is -0.118. The van der Waals surface area contributed by atoms with Gasteiger partial charge in [-0.15, -0.1) is 16.9 Å². The Kier molecular flexibility index (Phi) is 9.61. The average Bonchev–Trinajstić information content (AvgIpc) is 2.95. The number of anilines is 1. The first-order valence-electron chi connectivity index (χ1n) is 12.8. The monoisotopic (exact) mass is 549 g/mol. The smallest absolute Gasteiger partial charge is 0.420 e. The second-order valence-electron chi connectivity index (χ2n) is 9.45. The summed E-state index contributed by atoms with van der Waals surface area (Å²) in [5.74, 6) is -0.368. The number of amides is 3. The maximum atomic E-state index is 13.8. The zero-order valence-corrected chi connectivity index (χ0v) is 23.0. The molecule has 3 aromatic carbocycles. The second kappa shape index (κ2) is 12.7. The number of para-hydroxylation sites is 1. The number of ether oxygens (including phenoxy) is 1. The van der Waals surface area contributed by atoms with Crippen LogP contribution in [0.3, 0.4) is 0 Å². The molecule has 1 heterocycles. The van der Waals surface area contributed by atoms with Gasteiger partial charge in [0, 0.05) is 36.3 Å². The van der Waals surface area contributed by atoms with Crippen LogP contribution in [0.5, 0.6) is 0 Å². The van der Waals surface area contributed by atoms with Gasteiger partial charge < -0.3 is 15.4 Å². The SMILES string of the molecule is CCOC(=O)[N+](C)(C(=O)c1ccc2c(c1)CCCN2C(=O)CCc1ccc(C(=N)N)cc1)c1ccccc1.Cl. The van der Waals surface area contributed by atoms with Gasteiger partial charge in [-0.2, -0.15) is 4.79 Å². The molecule has 0 radical (unpaired) electrons. The summed E-state index contributed by atoms with van der Waals surface area (Å²) in [6, 6.07) is 21.5. The van der Waals surface area contributed by atoms with Crippen LogP contribution in [0, 0.1) is 5.41 Å². The molecule has 3 amide bonds. The van der Waals surface area contributed by atoms with E-state index in [0.29, 0.717) is 36.2 Å². The molecule has 0 aromatic heterocycles. The Bertz CT molecular complexity index is 1360. The fourth-order valence-electron chi connectivity index (χ4n) is 4.77. The van der Waals surface area contributed by atoms with Crippen LogP contribution in [0.2, 0.25) is 0 Å². The fourth-order valence-corrected chi connectivity index (χ4v) is 4.77. The Balaban J connectivity index is 0.00000420. The van der Waals surface area contributed by atoms with Crippen molar-refractivity contribution in [3.05, 3.63) is 95.1 Å². The Labute approximate surface area is 234 Å². The maximum Gasteiger partial charge on any atom is 0.528 e. The number of carbonyl (C=O) groups is 3. The lowest BCUT2D eigenvalue weighted by atomic mass is 9.97. The molecule has 0 aliphatic carbocycles. The summed E-state index contributed by atoms with van der Waals surface area (Å²) in [6.45, 7) is 2.49. The summed E-state index contributed by atoms with van der Waals surface area (Å²) in [4.78, 5) is 41.7. The van der Waals surface area contributed by atoms with E-state index in [-0.39, 0.29) is 30.8 Å². The molecule has 9 heteroatoms. The van der Waals surface area contributed by atoms with Crippen LogP contribution in [0.25, 0.3) is 0 Å². The van der Waals surface area contributed by atoms with Crippen molar-refractivity contribution in [2.24, 2.45) is 5.73 Å². The van der Waals surface area contributed by atoms with Gasteiger partial charge in [-0.05, 0) is 55.5 Å². The summed E-state index contributed by atoms with van der Waals surface area (Å²) < 4.78 is 4.65. The normalized spacial score (nSPS) is 13.8. The number of nitrogen functional groups attached to an aromatic ring is 1. The zero-order valence-electron chi connectivity index (χ0n) is 22.2. The summed E-state index contributed by atoms with van der Waals surface area (Å²) >= 11 is 0. The molecule has 1 atom stereocenters. The molecule has 3 N–H and O–H groups in total. The first kappa shape index (κ1) is 29.5. The number of nitrogens with zero attached hydrogens (tertiary/aromatic N) is 2. The van der Waals surface area contributed by atoms with E-state index in [2.05, 4.69) is 0 Å². The van der Waals surface area contributed by atoms with Crippen molar-refractivity contribution in [3.63, 3.8) is 0 Å². The van der Waals surface area contributed by atoms with Crippen LogP contribution in [0.4, 0.5) is 16.2 Å². The molecular weight excluding hydrogens is 516 g/mol. The zero-order chi connectivity index (χ0) is 27.3. The van der Waals surface area contributed by atoms with Crippen LogP contribution >= 0.6 is 12.4 Å². The first-order chi connectivity index (χ1) is 18.3. The van der Waals surface area contributed by atoms with Crippen LogP contribution < -0.4 is 15.1 Å². The number of halogens is 1. The number of imide groups is 1.